The van der Waals surface area contributed by atoms with Crippen molar-refractivity contribution >= 4 is 11.8 Å². The van der Waals surface area contributed by atoms with Crippen molar-refractivity contribution in [1.29, 1.82) is 0 Å². The molecule has 2 amide bonds. The molecule has 3 heterocycles. The molecule has 33 heavy (non-hydrogen) atoms. The topological polar surface area (TPSA) is 105 Å². The fourth-order valence-corrected chi connectivity index (χ4v) is 3.79. The summed E-state index contributed by atoms with van der Waals surface area (Å²) in [6, 6.07) is 10.6. The number of nitrogens with one attached hydrogen (secondary N) is 1. The number of benzene rings is 1. The van der Waals surface area contributed by atoms with Crippen LogP contribution in [0.3, 0.4) is 0 Å². The molecule has 0 radical (unpaired) electrons. The highest BCUT2D eigenvalue weighted by Gasteiger charge is 2.31. The second kappa shape index (κ2) is 9.99. The standard InChI is InChI=1S/C24H29N5O4/c1-16(2)21(26-23(30)19-5-4-14-32-19)24(31)29-12-10-28(11-13-29)15-20-25-22(27-33-20)18-8-6-17(3)7-9-18/h4-9,14,16,21H,10-13,15H2,1-3H3,(H,26,30). The summed E-state index contributed by atoms with van der Waals surface area (Å²) < 4.78 is 10.6. The molecule has 2 aromatic heterocycles. The number of rotatable bonds is 7. The van der Waals surface area contributed by atoms with Gasteiger partial charge in [-0.15, -0.1) is 0 Å². The number of carbonyl (C=O) groups is 2. The number of amides is 2. The summed E-state index contributed by atoms with van der Waals surface area (Å²) in [6.45, 7) is 8.91. The zero-order valence-corrected chi connectivity index (χ0v) is 19.2. The van der Waals surface area contributed by atoms with Crippen molar-refractivity contribution in [2.45, 2.75) is 33.4 Å². The first kappa shape index (κ1) is 22.7. The first-order valence-corrected chi connectivity index (χ1v) is 11.2. The number of hydrogen-bond donors (Lipinski definition) is 1. The molecule has 3 aromatic rings. The van der Waals surface area contributed by atoms with Crippen LogP contribution in [0.15, 0.2) is 51.6 Å². The van der Waals surface area contributed by atoms with Crippen LogP contribution in [0.1, 0.15) is 35.9 Å². The summed E-state index contributed by atoms with van der Waals surface area (Å²) in [5.74, 6) is 0.813. The fourth-order valence-electron chi connectivity index (χ4n) is 3.79. The number of aryl methyl sites for hydroxylation is 1. The first-order chi connectivity index (χ1) is 15.9. The minimum Gasteiger partial charge on any atom is -0.459 e. The van der Waals surface area contributed by atoms with Gasteiger partial charge in [0, 0.05) is 31.7 Å². The average molecular weight is 452 g/mol. The van der Waals surface area contributed by atoms with Gasteiger partial charge < -0.3 is 19.2 Å². The summed E-state index contributed by atoms with van der Waals surface area (Å²) in [7, 11) is 0. The van der Waals surface area contributed by atoms with Crippen molar-refractivity contribution in [3.8, 4) is 11.4 Å². The molecule has 1 unspecified atom stereocenters. The Morgan fingerprint density at radius 3 is 2.45 bits per heavy atom. The molecule has 1 aliphatic heterocycles. The third-order valence-corrected chi connectivity index (χ3v) is 5.78. The molecule has 9 heteroatoms. The fraction of sp³-hybridized carbons (Fsp3) is 0.417. The highest BCUT2D eigenvalue weighted by Crippen LogP contribution is 2.18. The Bertz CT molecular complexity index is 1070. The maximum atomic E-state index is 13.1. The molecule has 1 aliphatic rings. The van der Waals surface area contributed by atoms with E-state index in [1.54, 1.807) is 17.0 Å². The lowest BCUT2D eigenvalue weighted by Gasteiger charge is -2.36. The molecule has 1 fully saturated rings. The summed E-state index contributed by atoms with van der Waals surface area (Å²) in [4.78, 5) is 34.0. The monoisotopic (exact) mass is 451 g/mol. The zero-order valence-electron chi connectivity index (χ0n) is 19.2. The van der Waals surface area contributed by atoms with Gasteiger partial charge in [-0.25, -0.2) is 0 Å². The summed E-state index contributed by atoms with van der Waals surface area (Å²) in [5.41, 5.74) is 2.09. The maximum Gasteiger partial charge on any atom is 0.287 e. The van der Waals surface area contributed by atoms with E-state index >= 15 is 0 Å². The number of nitrogens with zero attached hydrogens (tertiary/aromatic N) is 4. The van der Waals surface area contributed by atoms with E-state index in [0.29, 0.717) is 44.4 Å². The molecule has 1 aromatic carbocycles. The van der Waals surface area contributed by atoms with E-state index in [9.17, 15) is 9.59 Å². The van der Waals surface area contributed by atoms with Crippen LogP contribution in [-0.2, 0) is 11.3 Å². The van der Waals surface area contributed by atoms with E-state index in [-0.39, 0.29) is 23.5 Å². The third-order valence-electron chi connectivity index (χ3n) is 5.78. The van der Waals surface area contributed by atoms with Gasteiger partial charge in [-0.05, 0) is 25.0 Å². The Balaban J connectivity index is 1.31. The molecule has 9 nitrogen and oxygen atoms in total. The van der Waals surface area contributed by atoms with E-state index in [4.69, 9.17) is 8.94 Å². The largest absolute Gasteiger partial charge is 0.459 e. The second-order valence-electron chi connectivity index (χ2n) is 8.65. The van der Waals surface area contributed by atoms with Crippen molar-refractivity contribution in [3.63, 3.8) is 0 Å². The van der Waals surface area contributed by atoms with Gasteiger partial charge in [0.15, 0.2) is 5.76 Å². The van der Waals surface area contributed by atoms with E-state index in [2.05, 4.69) is 20.4 Å². The Labute approximate surface area is 192 Å². The van der Waals surface area contributed by atoms with Gasteiger partial charge in [0.1, 0.15) is 6.04 Å². The van der Waals surface area contributed by atoms with Crippen LogP contribution >= 0.6 is 0 Å². The molecule has 0 spiro atoms. The third kappa shape index (κ3) is 5.48. The van der Waals surface area contributed by atoms with Crippen molar-refractivity contribution in [3.05, 3.63) is 59.9 Å². The number of furan rings is 1. The van der Waals surface area contributed by atoms with Gasteiger partial charge in [-0.1, -0.05) is 48.8 Å². The van der Waals surface area contributed by atoms with Crippen molar-refractivity contribution in [2.24, 2.45) is 5.92 Å². The van der Waals surface area contributed by atoms with Crippen molar-refractivity contribution < 1.29 is 18.5 Å². The summed E-state index contributed by atoms with van der Waals surface area (Å²) in [5, 5.41) is 6.91. The minimum atomic E-state index is -0.609. The van der Waals surface area contributed by atoms with E-state index in [1.165, 1.54) is 11.8 Å². The summed E-state index contributed by atoms with van der Waals surface area (Å²) in [6.07, 6.45) is 1.44. The SMILES string of the molecule is Cc1ccc(-c2noc(CN3CCN(C(=O)C(NC(=O)c4ccco4)C(C)C)CC3)n2)cc1. The highest BCUT2D eigenvalue weighted by atomic mass is 16.5. The van der Waals surface area contributed by atoms with Crippen LogP contribution in [-0.4, -0.2) is 64.0 Å². The predicted octanol–water partition coefficient (Wildman–Crippen LogP) is 2.74. The van der Waals surface area contributed by atoms with Crippen LogP contribution in [0.2, 0.25) is 0 Å². The quantitative estimate of drug-likeness (QED) is 0.589. The molecular formula is C24H29N5O4. The van der Waals surface area contributed by atoms with Gasteiger partial charge in [0.05, 0.1) is 12.8 Å². The molecule has 4 rings (SSSR count). The summed E-state index contributed by atoms with van der Waals surface area (Å²) >= 11 is 0. The van der Waals surface area contributed by atoms with Crippen LogP contribution in [0.4, 0.5) is 0 Å². The van der Waals surface area contributed by atoms with Gasteiger partial charge in [0.25, 0.3) is 5.91 Å². The average Bonchev–Trinajstić information content (AvgIpc) is 3.50. The molecule has 0 aliphatic carbocycles. The molecule has 1 N–H and O–H groups in total. The maximum absolute atomic E-state index is 13.1. The number of carbonyl (C=O) groups excluding carboxylic acids is 2. The van der Waals surface area contributed by atoms with Gasteiger partial charge >= 0.3 is 0 Å². The van der Waals surface area contributed by atoms with E-state index in [1.807, 2.05) is 45.0 Å². The normalized spacial score (nSPS) is 15.6. The number of hydrogen-bond acceptors (Lipinski definition) is 7. The predicted molar refractivity (Wildman–Crippen MR) is 121 cm³/mol. The van der Waals surface area contributed by atoms with E-state index < -0.39 is 6.04 Å². The smallest absolute Gasteiger partial charge is 0.287 e. The first-order valence-electron chi connectivity index (χ1n) is 11.2. The molecule has 0 bridgehead atoms. The van der Waals surface area contributed by atoms with Crippen molar-refractivity contribution in [2.75, 3.05) is 26.2 Å². The van der Waals surface area contributed by atoms with Crippen LogP contribution < -0.4 is 5.32 Å². The lowest BCUT2D eigenvalue weighted by Crippen LogP contribution is -2.56. The zero-order chi connectivity index (χ0) is 23.4. The van der Waals surface area contributed by atoms with Gasteiger partial charge in [0.2, 0.25) is 17.6 Å². The van der Waals surface area contributed by atoms with Gasteiger partial charge in [-0.3, -0.25) is 14.5 Å². The Kier molecular flexibility index (Phi) is 6.88. The van der Waals surface area contributed by atoms with Crippen LogP contribution in [0.25, 0.3) is 11.4 Å². The Hall–Kier alpha value is -3.46. The Morgan fingerprint density at radius 2 is 1.82 bits per heavy atom. The van der Waals surface area contributed by atoms with Crippen molar-refractivity contribution in [1.82, 2.24) is 25.3 Å². The molecule has 1 saturated heterocycles. The highest BCUT2D eigenvalue weighted by molar-refractivity contribution is 5.95. The molecule has 1 atom stereocenters. The minimum absolute atomic E-state index is 0.0481. The van der Waals surface area contributed by atoms with Gasteiger partial charge in [-0.2, -0.15) is 4.98 Å². The molecule has 174 valence electrons. The van der Waals surface area contributed by atoms with Crippen LogP contribution in [0.5, 0.6) is 0 Å². The lowest BCUT2D eigenvalue weighted by molar-refractivity contribution is -0.136. The molecular weight excluding hydrogens is 422 g/mol. The van der Waals surface area contributed by atoms with Crippen LogP contribution in [0, 0.1) is 12.8 Å². The number of aromatic nitrogens is 2. The van der Waals surface area contributed by atoms with E-state index in [0.717, 1.165) is 5.56 Å². The number of piperazine rings is 1. The molecule has 0 saturated carbocycles. The second-order valence-corrected chi connectivity index (χ2v) is 8.65. The Morgan fingerprint density at radius 1 is 1.09 bits per heavy atom. The lowest BCUT2D eigenvalue weighted by atomic mass is 10.0.